The van der Waals surface area contributed by atoms with E-state index in [0.29, 0.717) is 6.10 Å². The summed E-state index contributed by atoms with van der Waals surface area (Å²) in [5.74, 6) is 0. The summed E-state index contributed by atoms with van der Waals surface area (Å²) >= 11 is 4.73. The lowest BCUT2D eigenvalue weighted by atomic mass is 9.98. The monoisotopic (exact) mass is 206 g/mol. The molecule has 0 aromatic carbocycles. The molecule has 0 saturated heterocycles. The van der Waals surface area contributed by atoms with Gasteiger partial charge in [-0.3, -0.25) is 0 Å². The summed E-state index contributed by atoms with van der Waals surface area (Å²) in [6.45, 7) is 7.95. The van der Waals surface area contributed by atoms with Gasteiger partial charge < -0.3 is 9.53 Å². The third-order valence-electron chi connectivity index (χ3n) is 1.76. The first-order valence-corrected chi connectivity index (χ1v) is 6.20. The predicted molar refractivity (Wildman–Crippen MR) is 58.6 cm³/mol. The molecule has 0 amide bonds. The molecule has 0 rings (SSSR count). The molecule has 12 heavy (non-hydrogen) atoms. The Kier molecular flexibility index (Phi) is 4.97. The van der Waals surface area contributed by atoms with Crippen molar-refractivity contribution in [3.8, 4) is 0 Å². The average molecular weight is 206 g/mol. The molecular formula is C8H18O2SSi. The highest BCUT2D eigenvalue weighted by molar-refractivity contribution is 7.80. The Labute approximate surface area is 82.3 Å². The van der Waals surface area contributed by atoms with Gasteiger partial charge in [-0.2, -0.15) is 0 Å². The number of aliphatic hydroxyl groups is 1. The molecule has 0 aliphatic rings. The summed E-state index contributed by atoms with van der Waals surface area (Å²) in [7, 11) is -0.531. The van der Waals surface area contributed by atoms with Crippen LogP contribution in [0.3, 0.4) is 0 Å². The van der Waals surface area contributed by atoms with E-state index in [4.69, 9.17) is 21.8 Å². The number of rotatable bonds is 5. The van der Waals surface area contributed by atoms with Crippen molar-refractivity contribution >= 4 is 27.0 Å². The fourth-order valence-corrected chi connectivity index (χ4v) is 2.28. The van der Waals surface area contributed by atoms with Crippen LogP contribution in [-0.4, -0.2) is 26.0 Å². The predicted octanol–water partition coefficient (Wildman–Crippen LogP) is 1.83. The standard InChI is InChI=1S/C8H18O2SSi/c1-6(2)10-12-5-8(3,4)7(9)11/h6H,5,12H2,1-4H3,(H,9,11). The van der Waals surface area contributed by atoms with Crippen LogP contribution in [0, 0.1) is 5.41 Å². The third-order valence-corrected chi connectivity index (χ3v) is 4.67. The quantitative estimate of drug-likeness (QED) is 0.550. The smallest absolute Gasteiger partial charge is 0.162 e. The summed E-state index contributed by atoms with van der Waals surface area (Å²) in [6, 6.07) is 0.903. The zero-order valence-corrected chi connectivity index (χ0v) is 10.5. The van der Waals surface area contributed by atoms with Crippen LogP contribution < -0.4 is 0 Å². The van der Waals surface area contributed by atoms with E-state index in [1.807, 2.05) is 27.7 Å². The van der Waals surface area contributed by atoms with Crippen molar-refractivity contribution in [3.63, 3.8) is 0 Å². The fraction of sp³-hybridized carbons (Fsp3) is 0.875. The van der Waals surface area contributed by atoms with Gasteiger partial charge in [-0.05, 0) is 32.1 Å². The molecule has 0 spiro atoms. The first-order chi connectivity index (χ1) is 5.36. The van der Waals surface area contributed by atoms with Crippen molar-refractivity contribution < 1.29 is 9.53 Å². The van der Waals surface area contributed by atoms with E-state index >= 15 is 0 Å². The normalized spacial score (nSPS) is 13.1. The molecule has 0 aliphatic carbocycles. The zero-order chi connectivity index (χ0) is 9.78. The van der Waals surface area contributed by atoms with Crippen molar-refractivity contribution in [1.29, 1.82) is 0 Å². The molecule has 72 valence electrons. The van der Waals surface area contributed by atoms with E-state index < -0.39 is 9.76 Å². The fourth-order valence-electron chi connectivity index (χ4n) is 0.657. The molecular weight excluding hydrogens is 188 g/mol. The van der Waals surface area contributed by atoms with Crippen molar-refractivity contribution in [2.45, 2.75) is 39.8 Å². The highest BCUT2D eigenvalue weighted by Crippen LogP contribution is 2.21. The van der Waals surface area contributed by atoms with Gasteiger partial charge in [0.15, 0.2) is 14.8 Å². The molecule has 0 radical (unpaired) electrons. The van der Waals surface area contributed by atoms with Gasteiger partial charge in [0.1, 0.15) is 0 Å². The van der Waals surface area contributed by atoms with Crippen LogP contribution in [-0.2, 0) is 4.43 Å². The number of aliphatic hydroxyl groups excluding tert-OH is 1. The van der Waals surface area contributed by atoms with E-state index in [2.05, 4.69) is 0 Å². The highest BCUT2D eigenvalue weighted by atomic mass is 32.1. The molecule has 1 N–H and O–H groups in total. The Morgan fingerprint density at radius 3 is 2.42 bits per heavy atom. The van der Waals surface area contributed by atoms with Gasteiger partial charge in [0.05, 0.1) is 0 Å². The minimum absolute atomic E-state index is 0.0994. The largest absolute Gasteiger partial charge is 0.502 e. The van der Waals surface area contributed by atoms with Crippen molar-refractivity contribution in [2.75, 3.05) is 0 Å². The third kappa shape index (κ3) is 4.85. The second kappa shape index (κ2) is 4.94. The van der Waals surface area contributed by atoms with Crippen LogP contribution >= 0.6 is 12.2 Å². The second-order valence-electron chi connectivity index (χ2n) is 3.86. The Hall–Kier alpha value is 0.0669. The Bertz CT molecular complexity index is 157. The molecule has 4 heteroatoms. The van der Waals surface area contributed by atoms with Crippen LogP contribution in [0.4, 0.5) is 0 Å². The Morgan fingerprint density at radius 1 is 1.58 bits per heavy atom. The average Bonchev–Trinajstić information content (AvgIpc) is 1.85. The van der Waals surface area contributed by atoms with Gasteiger partial charge in [-0.15, -0.1) is 0 Å². The van der Waals surface area contributed by atoms with E-state index in [-0.39, 0.29) is 10.5 Å². The molecule has 0 aromatic heterocycles. The second-order valence-corrected chi connectivity index (χ2v) is 5.49. The van der Waals surface area contributed by atoms with Crippen molar-refractivity contribution in [1.82, 2.24) is 0 Å². The minimum atomic E-state index is -0.531. The van der Waals surface area contributed by atoms with E-state index in [0.717, 1.165) is 6.04 Å². The van der Waals surface area contributed by atoms with Crippen molar-refractivity contribution in [2.24, 2.45) is 5.41 Å². The van der Waals surface area contributed by atoms with Gasteiger partial charge in [0, 0.05) is 11.5 Å². The molecule has 0 heterocycles. The van der Waals surface area contributed by atoms with Gasteiger partial charge in [0.2, 0.25) is 0 Å². The first kappa shape index (κ1) is 12.1. The van der Waals surface area contributed by atoms with Gasteiger partial charge in [-0.1, -0.05) is 13.8 Å². The summed E-state index contributed by atoms with van der Waals surface area (Å²) in [4.78, 5) is 0. The Balaban J connectivity index is 3.69. The molecule has 0 atom stereocenters. The maximum absolute atomic E-state index is 9.14. The number of thiocarbonyl (C=S) groups is 1. The molecule has 0 fully saturated rings. The summed E-state index contributed by atoms with van der Waals surface area (Å²) in [5, 5.41) is 9.24. The van der Waals surface area contributed by atoms with Gasteiger partial charge in [0.25, 0.3) is 0 Å². The van der Waals surface area contributed by atoms with Gasteiger partial charge >= 0.3 is 0 Å². The first-order valence-electron chi connectivity index (χ1n) is 4.21. The zero-order valence-electron chi connectivity index (χ0n) is 8.26. The summed E-state index contributed by atoms with van der Waals surface area (Å²) in [6.07, 6.45) is 0.305. The van der Waals surface area contributed by atoms with Crippen LogP contribution in [0.1, 0.15) is 27.7 Å². The molecule has 0 saturated carbocycles. The molecule has 0 aromatic rings. The lowest BCUT2D eigenvalue weighted by molar-refractivity contribution is 0.250. The number of hydrogen-bond acceptors (Lipinski definition) is 2. The topological polar surface area (TPSA) is 29.5 Å². The molecule has 0 bridgehead atoms. The lowest BCUT2D eigenvalue weighted by Crippen LogP contribution is -2.25. The molecule has 2 nitrogen and oxygen atoms in total. The minimum Gasteiger partial charge on any atom is -0.502 e. The summed E-state index contributed by atoms with van der Waals surface area (Å²) in [5.41, 5.74) is -0.240. The van der Waals surface area contributed by atoms with E-state index in [1.54, 1.807) is 0 Å². The number of hydrogen-bond donors (Lipinski definition) is 1. The van der Waals surface area contributed by atoms with Crippen LogP contribution in [0.25, 0.3) is 0 Å². The molecule has 0 unspecified atom stereocenters. The van der Waals surface area contributed by atoms with Crippen molar-refractivity contribution in [3.05, 3.63) is 0 Å². The SMILES string of the molecule is CC(C)O[SiH2]CC(C)(C)C(O)=S. The highest BCUT2D eigenvalue weighted by Gasteiger charge is 2.23. The maximum Gasteiger partial charge on any atom is 0.162 e. The molecule has 0 aliphatic heterocycles. The van der Waals surface area contributed by atoms with E-state index in [9.17, 15) is 0 Å². The van der Waals surface area contributed by atoms with E-state index in [1.165, 1.54) is 0 Å². The van der Waals surface area contributed by atoms with Crippen LogP contribution in [0.15, 0.2) is 0 Å². The van der Waals surface area contributed by atoms with Crippen LogP contribution in [0.2, 0.25) is 6.04 Å². The maximum atomic E-state index is 9.14. The summed E-state index contributed by atoms with van der Waals surface area (Å²) < 4.78 is 5.50. The lowest BCUT2D eigenvalue weighted by Gasteiger charge is -2.21. The Morgan fingerprint density at radius 2 is 2.08 bits per heavy atom. The van der Waals surface area contributed by atoms with Crippen LogP contribution in [0.5, 0.6) is 0 Å². The van der Waals surface area contributed by atoms with Gasteiger partial charge in [-0.25, -0.2) is 0 Å².